The molecule has 0 fully saturated rings. The summed E-state index contributed by atoms with van der Waals surface area (Å²) < 4.78 is 29.6. The number of benzene rings is 2. The number of hydrogen-bond donors (Lipinski definition) is 1. The Morgan fingerprint density at radius 1 is 1.08 bits per heavy atom. The molecule has 4 rings (SSSR count). The molecular weight excluding hydrogens is 514 g/mol. The summed E-state index contributed by atoms with van der Waals surface area (Å²) in [6, 6.07) is 13.2. The maximum Gasteiger partial charge on any atom is 0.272 e. The minimum Gasteiger partial charge on any atom is -0.345 e. The zero-order chi connectivity index (χ0) is 27.6. The Morgan fingerprint density at radius 3 is 2.55 bits per heavy atom. The zero-order valence-electron chi connectivity index (χ0n) is 20.6. The number of aromatic nitrogens is 2. The minimum absolute atomic E-state index is 0.148. The SMILES string of the molecule is C[C@@H](NC(=O)c1ccc(=O)n(-c2cccc(C(=O)N(C)C)c2F)n1)c1ccc(-c2cc(F)ccc2C=O)s1. The minimum atomic E-state index is -0.940. The number of nitrogens with one attached hydrogen (secondary N) is 1. The monoisotopic (exact) mass is 536 g/mol. The summed E-state index contributed by atoms with van der Waals surface area (Å²) in [5.41, 5.74) is -0.562. The van der Waals surface area contributed by atoms with E-state index in [4.69, 9.17) is 0 Å². The van der Waals surface area contributed by atoms with Gasteiger partial charge in [-0.2, -0.15) is 9.78 Å². The lowest BCUT2D eigenvalue weighted by molar-refractivity contribution is 0.0822. The van der Waals surface area contributed by atoms with Crippen molar-refractivity contribution in [1.29, 1.82) is 0 Å². The Balaban J connectivity index is 1.59. The van der Waals surface area contributed by atoms with Gasteiger partial charge in [-0.05, 0) is 55.5 Å². The summed E-state index contributed by atoms with van der Waals surface area (Å²) in [5, 5.41) is 6.80. The maximum atomic E-state index is 15.1. The Hall–Kier alpha value is -4.51. The van der Waals surface area contributed by atoms with E-state index < -0.39 is 35.0 Å². The first-order valence-corrected chi connectivity index (χ1v) is 12.2. The Labute approximate surface area is 220 Å². The summed E-state index contributed by atoms with van der Waals surface area (Å²) in [7, 11) is 2.95. The first kappa shape index (κ1) is 26.6. The summed E-state index contributed by atoms with van der Waals surface area (Å²) >= 11 is 1.28. The van der Waals surface area contributed by atoms with Crippen LogP contribution < -0.4 is 10.9 Å². The van der Waals surface area contributed by atoms with E-state index in [0.717, 1.165) is 15.6 Å². The van der Waals surface area contributed by atoms with Crippen LogP contribution in [-0.2, 0) is 0 Å². The van der Waals surface area contributed by atoms with Crippen molar-refractivity contribution < 1.29 is 23.2 Å². The second-order valence-corrected chi connectivity index (χ2v) is 9.67. The molecule has 0 aliphatic rings. The molecule has 0 bridgehead atoms. The zero-order valence-corrected chi connectivity index (χ0v) is 21.4. The molecule has 0 saturated heterocycles. The number of nitrogens with zero attached hydrogens (tertiary/aromatic N) is 3. The number of aldehydes is 1. The quantitative estimate of drug-likeness (QED) is 0.356. The van der Waals surface area contributed by atoms with Gasteiger partial charge in [0.2, 0.25) is 0 Å². The molecule has 0 saturated carbocycles. The summed E-state index contributed by atoms with van der Waals surface area (Å²) in [4.78, 5) is 51.7. The van der Waals surface area contributed by atoms with Crippen LogP contribution in [0.3, 0.4) is 0 Å². The standard InChI is InChI=1S/C27H22F2N4O4S/c1-15(22-10-11-23(38-22)19-13-17(28)8-7-16(19)14-34)30-26(36)20-9-12-24(35)33(31-20)21-6-4-5-18(25(21)29)27(37)32(2)3/h4-15H,1-3H3,(H,30,36)/t15-/m1/s1. The van der Waals surface area contributed by atoms with Crippen molar-refractivity contribution in [2.24, 2.45) is 0 Å². The molecule has 2 aromatic heterocycles. The van der Waals surface area contributed by atoms with E-state index in [-0.39, 0.29) is 16.9 Å². The second kappa shape index (κ2) is 10.9. The van der Waals surface area contributed by atoms with E-state index in [0.29, 0.717) is 22.3 Å². The van der Waals surface area contributed by atoms with Gasteiger partial charge < -0.3 is 10.2 Å². The highest BCUT2D eigenvalue weighted by Crippen LogP contribution is 2.33. The molecule has 0 aliphatic heterocycles. The number of carbonyl (C=O) groups excluding carboxylic acids is 3. The highest BCUT2D eigenvalue weighted by molar-refractivity contribution is 7.15. The third-order valence-corrected chi connectivity index (χ3v) is 6.99. The molecule has 11 heteroatoms. The van der Waals surface area contributed by atoms with Crippen molar-refractivity contribution in [1.82, 2.24) is 20.0 Å². The molecule has 2 aromatic carbocycles. The molecule has 38 heavy (non-hydrogen) atoms. The van der Waals surface area contributed by atoms with Crippen molar-refractivity contribution in [2.45, 2.75) is 13.0 Å². The predicted octanol–water partition coefficient (Wildman–Crippen LogP) is 4.24. The van der Waals surface area contributed by atoms with E-state index >= 15 is 4.39 Å². The van der Waals surface area contributed by atoms with Crippen LogP contribution in [0.2, 0.25) is 0 Å². The summed E-state index contributed by atoms with van der Waals surface area (Å²) in [6.45, 7) is 1.73. The molecule has 1 N–H and O–H groups in total. The fourth-order valence-electron chi connectivity index (χ4n) is 3.71. The van der Waals surface area contributed by atoms with Gasteiger partial charge in [0.25, 0.3) is 17.4 Å². The lowest BCUT2D eigenvalue weighted by Gasteiger charge is -2.14. The van der Waals surface area contributed by atoms with Crippen LogP contribution in [0.4, 0.5) is 8.78 Å². The number of hydrogen-bond acceptors (Lipinski definition) is 6. The third kappa shape index (κ3) is 5.28. The van der Waals surface area contributed by atoms with E-state index in [1.165, 1.54) is 72.8 Å². The predicted molar refractivity (Wildman–Crippen MR) is 139 cm³/mol. The fraction of sp³-hybridized carbons (Fsp3) is 0.148. The first-order chi connectivity index (χ1) is 18.1. The van der Waals surface area contributed by atoms with Crippen molar-refractivity contribution in [3.63, 3.8) is 0 Å². The Bertz CT molecular complexity index is 1610. The number of amides is 2. The molecular formula is C27H22F2N4O4S. The smallest absolute Gasteiger partial charge is 0.272 e. The van der Waals surface area contributed by atoms with Gasteiger partial charge >= 0.3 is 0 Å². The number of halogens is 2. The van der Waals surface area contributed by atoms with Crippen molar-refractivity contribution in [3.8, 4) is 16.1 Å². The first-order valence-electron chi connectivity index (χ1n) is 11.4. The molecule has 1 atom stereocenters. The molecule has 0 spiro atoms. The molecule has 2 heterocycles. The molecule has 0 unspecified atom stereocenters. The van der Waals surface area contributed by atoms with Crippen LogP contribution in [0, 0.1) is 11.6 Å². The third-order valence-electron chi connectivity index (χ3n) is 5.68. The lowest BCUT2D eigenvalue weighted by atomic mass is 10.1. The van der Waals surface area contributed by atoms with Gasteiger partial charge in [0.15, 0.2) is 12.1 Å². The molecule has 8 nitrogen and oxygen atoms in total. The molecule has 194 valence electrons. The summed E-state index contributed by atoms with van der Waals surface area (Å²) in [5.74, 6) is -2.63. The number of rotatable bonds is 7. The maximum absolute atomic E-state index is 15.1. The van der Waals surface area contributed by atoms with Gasteiger partial charge in [-0.1, -0.05) is 6.07 Å². The Kier molecular flexibility index (Phi) is 7.58. The van der Waals surface area contributed by atoms with Crippen molar-refractivity contribution in [2.75, 3.05) is 14.1 Å². The molecule has 0 aliphatic carbocycles. The topological polar surface area (TPSA) is 101 Å². The van der Waals surface area contributed by atoms with E-state index in [1.807, 2.05) is 0 Å². The van der Waals surface area contributed by atoms with Crippen LogP contribution in [0.5, 0.6) is 0 Å². The fourth-order valence-corrected chi connectivity index (χ4v) is 4.76. The summed E-state index contributed by atoms with van der Waals surface area (Å²) in [6.07, 6.45) is 0.648. The average Bonchev–Trinajstić information content (AvgIpc) is 3.39. The molecule has 4 aromatic rings. The van der Waals surface area contributed by atoms with Crippen LogP contribution in [-0.4, -0.2) is 46.9 Å². The lowest BCUT2D eigenvalue weighted by Crippen LogP contribution is -2.31. The van der Waals surface area contributed by atoms with Gasteiger partial charge in [0.1, 0.15) is 17.2 Å². The highest BCUT2D eigenvalue weighted by atomic mass is 32.1. The van der Waals surface area contributed by atoms with Gasteiger partial charge in [0, 0.05) is 41.0 Å². The van der Waals surface area contributed by atoms with E-state index in [1.54, 1.807) is 19.1 Å². The van der Waals surface area contributed by atoms with Crippen LogP contribution >= 0.6 is 11.3 Å². The van der Waals surface area contributed by atoms with Crippen LogP contribution in [0.15, 0.2) is 65.5 Å². The van der Waals surface area contributed by atoms with Crippen LogP contribution in [0.25, 0.3) is 16.1 Å². The van der Waals surface area contributed by atoms with Gasteiger partial charge in [-0.3, -0.25) is 19.2 Å². The number of thiophene rings is 1. The second-order valence-electron chi connectivity index (χ2n) is 8.55. The Morgan fingerprint density at radius 2 is 1.84 bits per heavy atom. The van der Waals surface area contributed by atoms with Crippen LogP contribution in [0.1, 0.15) is 49.0 Å². The van der Waals surface area contributed by atoms with E-state index in [9.17, 15) is 23.6 Å². The molecule has 2 amide bonds. The number of carbonyl (C=O) groups is 3. The van der Waals surface area contributed by atoms with Gasteiger partial charge in [0.05, 0.1) is 11.6 Å². The largest absolute Gasteiger partial charge is 0.345 e. The van der Waals surface area contributed by atoms with Crippen molar-refractivity contribution in [3.05, 3.63) is 104 Å². The van der Waals surface area contributed by atoms with E-state index in [2.05, 4.69) is 10.4 Å². The highest BCUT2D eigenvalue weighted by Gasteiger charge is 2.21. The molecule has 0 radical (unpaired) electrons. The van der Waals surface area contributed by atoms with Crippen molar-refractivity contribution >= 4 is 29.4 Å². The van der Waals surface area contributed by atoms with Gasteiger partial charge in [-0.25, -0.2) is 8.78 Å². The van der Waals surface area contributed by atoms with Gasteiger partial charge in [-0.15, -0.1) is 11.3 Å². The normalized spacial score (nSPS) is 11.6. The average molecular weight is 537 g/mol.